The number of hydrogen-bond acceptors (Lipinski definition) is 6. The summed E-state index contributed by atoms with van der Waals surface area (Å²) in [4.78, 5) is 29.8. The van der Waals surface area contributed by atoms with Gasteiger partial charge < -0.3 is 4.74 Å². The molecular formula is C23H19ClN2O5S. The lowest BCUT2D eigenvalue weighted by atomic mass is 10.0. The standard InChI is InChI=1S/C23H19ClN2O5S/c1-14-7-6-10-19(25-14)22(28)21-23(31-15(2)27)18-13-16(24)11-12-20(18)26(21)32(29,30)17-8-4-3-5-9-17/h3-13,21,23H,1-2H3. The minimum Gasteiger partial charge on any atom is -0.455 e. The number of nitrogens with zero attached hydrogens (tertiary/aromatic N) is 2. The van der Waals surface area contributed by atoms with Crippen LogP contribution >= 0.6 is 11.6 Å². The smallest absolute Gasteiger partial charge is 0.303 e. The van der Waals surface area contributed by atoms with Crippen LogP contribution in [0.3, 0.4) is 0 Å². The fraction of sp³-hybridized carbons (Fsp3) is 0.174. The van der Waals surface area contributed by atoms with Crippen molar-refractivity contribution >= 4 is 39.1 Å². The van der Waals surface area contributed by atoms with E-state index in [2.05, 4.69) is 4.98 Å². The van der Waals surface area contributed by atoms with Crippen LogP contribution in [0.25, 0.3) is 0 Å². The van der Waals surface area contributed by atoms with Crippen molar-refractivity contribution in [3.05, 3.63) is 88.7 Å². The summed E-state index contributed by atoms with van der Waals surface area (Å²) in [6, 6.07) is 15.8. The van der Waals surface area contributed by atoms with Crippen molar-refractivity contribution in [2.75, 3.05) is 4.31 Å². The summed E-state index contributed by atoms with van der Waals surface area (Å²) in [6.45, 7) is 2.92. The van der Waals surface area contributed by atoms with Crippen LogP contribution in [-0.2, 0) is 19.6 Å². The van der Waals surface area contributed by atoms with Crippen LogP contribution in [0, 0.1) is 6.92 Å². The number of esters is 1. The van der Waals surface area contributed by atoms with Gasteiger partial charge in [-0.15, -0.1) is 0 Å². The molecule has 1 aliphatic heterocycles. The van der Waals surface area contributed by atoms with E-state index in [0.717, 1.165) is 4.31 Å². The first-order valence-electron chi connectivity index (χ1n) is 9.74. The van der Waals surface area contributed by atoms with Crippen LogP contribution in [0.15, 0.2) is 71.6 Å². The molecule has 32 heavy (non-hydrogen) atoms. The van der Waals surface area contributed by atoms with Gasteiger partial charge in [0.25, 0.3) is 10.0 Å². The molecule has 1 aliphatic rings. The van der Waals surface area contributed by atoms with E-state index in [1.807, 2.05) is 0 Å². The quantitative estimate of drug-likeness (QED) is 0.411. The van der Waals surface area contributed by atoms with Crippen molar-refractivity contribution in [1.29, 1.82) is 0 Å². The highest BCUT2D eigenvalue weighted by molar-refractivity contribution is 7.93. The second-order valence-corrected chi connectivity index (χ2v) is 9.57. The molecule has 2 atom stereocenters. The first-order chi connectivity index (χ1) is 15.2. The van der Waals surface area contributed by atoms with Gasteiger partial charge >= 0.3 is 5.97 Å². The molecule has 0 saturated heterocycles. The molecule has 2 aromatic carbocycles. The largest absolute Gasteiger partial charge is 0.455 e. The highest BCUT2D eigenvalue weighted by Gasteiger charge is 2.51. The van der Waals surface area contributed by atoms with Crippen LogP contribution in [0.5, 0.6) is 0 Å². The molecule has 2 heterocycles. The Morgan fingerprint density at radius 2 is 1.75 bits per heavy atom. The normalized spacial score (nSPS) is 17.7. The molecule has 0 spiro atoms. The lowest BCUT2D eigenvalue weighted by molar-refractivity contribution is -0.146. The molecule has 0 saturated carbocycles. The number of pyridine rings is 1. The Hall–Kier alpha value is -3.23. The van der Waals surface area contributed by atoms with E-state index in [1.54, 1.807) is 37.3 Å². The summed E-state index contributed by atoms with van der Waals surface area (Å²) >= 11 is 6.16. The molecule has 9 heteroatoms. The van der Waals surface area contributed by atoms with Crippen LogP contribution < -0.4 is 4.31 Å². The maximum atomic E-state index is 13.7. The molecule has 7 nitrogen and oxygen atoms in total. The monoisotopic (exact) mass is 470 g/mol. The van der Waals surface area contributed by atoms with Crippen molar-refractivity contribution in [2.24, 2.45) is 0 Å². The molecule has 0 fully saturated rings. The van der Waals surface area contributed by atoms with Crippen molar-refractivity contribution in [2.45, 2.75) is 30.9 Å². The van der Waals surface area contributed by atoms with E-state index in [9.17, 15) is 18.0 Å². The zero-order valence-corrected chi connectivity index (χ0v) is 18.8. The molecule has 4 rings (SSSR count). The molecule has 3 aromatic rings. The van der Waals surface area contributed by atoms with Crippen LogP contribution in [0.1, 0.15) is 34.8 Å². The van der Waals surface area contributed by atoms with E-state index >= 15 is 0 Å². The van der Waals surface area contributed by atoms with E-state index < -0.39 is 33.9 Å². The van der Waals surface area contributed by atoms with E-state index in [-0.39, 0.29) is 16.3 Å². The number of Topliss-reactive ketones (excluding diaryl/α,β-unsaturated/α-hetero) is 1. The molecule has 0 aliphatic carbocycles. The Kier molecular flexibility index (Phi) is 5.75. The topological polar surface area (TPSA) is 93.6 Å². The fourth-order valence-corrected chi connectivity index (χ4v) is 5.60. The number of anilines is 1. The third-order valence-electron chi connectivity index (χ3n) is 5.08. The second kappa shape index (κ2) is 8.37. The van der Waals surface area contributed by atoms with Gasteiger partial charge in [0, 0.05) is 23.2 Å². The predicted octanol–water partition coefficient (Wildman–Crippen LogP) is 4.11. The first kappa shape index (κ1) is 22.0. The maximum Gasteiger partial charge on any atom is 0.303 e. The lowest BCUT2D eigenvalue weighted by Gasteiger charge is -2.28. The average Bonchev–Trinajstić information content (AvgIpc) is 3.07. The summed E-state index contributed by atoms with van der Waals surface area (Å²) in [5.41, 5.74) is 1.21. The van der Waals surface area contributed by atoms with E-state index in [1.165, 1.54) is 43.3 Å². The van der Waals surface area contributed by atoms with Crippen LogP contribution in [-0.4, -0.2) is 31.2 Å². The number of halogens is 1. The molecule has 0 bridgehead atoms. The number of carbonyl (C=O) groups is 2. The van der Waals surface area contributed by atoms with Crippen molar-refractivity contribution in [1.82, 2.24) is 4.98 Å². The Morgan fingerprint density at radius 1 is 1.03 bits per heavy atom. The van der Waals surface area contributed by atoms with Crippen molar-refractivity contribution in [3.8, 4) is 0 Å². The minimum atomic E-state index is -4.20. The molecular weight excluding hydrogens is 452 g/mol. The number of ketones is 1. The summed E-state index contributed by atoms with van der Waals surface area (Å²) in [6.07, 6.45) is -1.19. The zero-order chi connectivity index (χ0) is 23.0. The number of ether oxygens (including phenoxy) is 1. The third kappa shape index (κ3) is 3.87. The highest BCUT2D eigenvalue weighted by atomic mass is 35.5. The number of hydrogen-bond donors (Lipinski definition) is 0. The summed E-state index contributed by atoms with van der Waals surface area (Å²) in [5, 5.41) is 0.319. The van der Waals surface area contributed by atoms with E-state index in [4.69, 9.17) is 16.3 Å². The SMILES string of the molecule is CC(=O)OC1c2cc(Cl)ccc2N(S(=O)(=O)c2ccccc2)C1C(=O)c1cccc(C)n1. The molecule has 1 aromatic heterocycles. The van der Waals surface area contributed by atoms with Gasteiger partial charge in [-0.25, -0.2) is 13.4 Å². The summed E-state index contributed by atoms with van der Waals surface area (Å²) < 4.78 is 33.9. The average molecular weight is 471 g/mol. The van der Waals surface area contributed by atoms with Crippen LogP contribution in [0.2, 0.25) is 5.02 Å². The van der Waals surface area contributed by atoms with Gasteiger partial charge in [-0.05, 0) is 49.4 Å². The fourth-order valence-electron chi connectivity index (χ4n) is 3.76. The Balaban J connectivity index is 1.95. The molecule has 0 amide bonds. The summed E-state index contributed by atoms with van der Waals surface area (Å²) in [7, 11) is -4.20. The molecule has 0 N–H and O–H groups in total. The number of aromatic nitrogens is 1. The van der Waals surface area contributed by atoms with Gasteiger partial charge in [0.2, 0.25) is 5.78 Å². The Labute approximate surface area is 190 Å². The number of benzene rings is 2. The minimum absolute atomic E-state index is 0.000577. The van der Waals surface area contributed by atoms with E-state index in [0.29, 0.717) is 16.3 Å². The Bertz CT molecular complexity index is 1310. The molecule has 2 unspecified atom stereocenters. The number of rotatable bonds is 5. The van der Waals surface area contributed by atoms with Gasteiger partial charge in [0.05, 0.1) is 10.6 Å². The van der Waals surface area contributed by atoms with Crippen LogP contribution in [0.4, 0.5) is 5.69 Å². The zero-order valence-electron chi connectivity index (χ0n) is 17.2. The van der Waals surface area contributed by atoms with Gasteiger partial charge in [0.1, 0.15) is 5.69 Å². The van der Waals surface area contributed by atoms with Gasteiger partial charge in [-0.2, -0.15) is 0 Å². The van der Waals surface area contributed by atoms with Gasteiger partial charge in [-0.3, -0.25) is 13.9 Å². The van der Waals surface area contributed by atoms with Crippen molar-refractivity contribution < 1.29 is 22.7 Å². The molecule has 164 valence electrons. The summed E-state index contributed by atoms with van der Waals surface area (Å²) in [5.74, 6) is -1.25. The highest BCUT2D eigenvalue weighted by Crippen LogP contribution is 2.46. The van der Waals surface area contributed by atoms with Gasteiger partial charge in [-0.1, -0.05) is 35.9 Å². The third-order valence-corrected chi connectivity index (χ3v) is 7.12. The number of aryl methyl sites for hydroxylation is 1. The maximum absolute atomic E-state index is 13.7. The first-order valence-corrected chi connectivity index (χ1v) is 11.6. The lowest BCUT2D eigenvalue weighted by Crippen LogP contribution is -2.45. The van der Waals surface area contributed by atoms with Crippen molar-refractivity contribution in [3.63, 3.8) is 0 Å². The second-order valence-electron chi connectivity index (χ2n) is 7.32. The Morgan fingerprint density at radius 3 is 2.41 bits per heavy atom. The molecule has 0 radical (unpaired) electrons. The number of sulfonamides is 1. The number of fused-ring (bicyclic) bond motifs is 1. The number of carbonyl (C=O) groups excluding carboxylic acids is 2. The predicted molar refractivity (Wildman–Crippen MR) is 119 cm³/mol. The van der Waals surface area contributed by atoms with Gasteiger partial charge in [0.15, 0.2) is 12.1 Å².